The molecule has 0 saturated carbocycles. The van der Waals surface area contributed by atoms with E-state index in [1.807, 2.05) is 0 Å². The number of thiophene rings is 1. The molecular weight excluding hydrogens is 210 g/mol. The van der Waals surface area contributed by atoms with Crippen molar-refractivity contribution < 1.29 is 13.3 Å². The van der Waals surface area contributed by atoms with E-state index >= 15 is 0 Å². The molecule has 1 aromatic heterocycles. The van der Waals surface area contributed by atoms with Crippen molar-refractivity contribution in [2.75, 3.05) is 12.4 Å². The van der Waals surface area contributed by atoms with Crippen molar-refractivity contribution in [2.45, 2.75) is 10.6 Å². The predicted molar refractivity (Wildman–Crippen MR) is 51.1 cm³/mol. The summed E-state index contributed by atoms with van der Waals surface area (Å²) >= 11 is 1.23. The highest BCUT2D eigenvalue weighted by Crippen LogP contribution is 2.17. The standard InChI is InChI=1S/C7H11NO3S2/c8-11-4-2-6-13(9,10)7-3-1-5-12-7/h1,3,5H,2,4,6,8H2. The highest BCUT2D eigenvalue weighted by molar-refractivity contribution is 7.93. The molecule has 1 heterocycles. The Hall–Kier alpha value is -0.430. The number of hydrogen-bond donors (Lipinski definition) is 1. The highest BCUT2D eigenvalue weighted by atomic mass is 32.2. The summed E-state index contributed by atoms with van der Waals surface area (Å²) in [7, 11) is -3.11. The average Bonchev–Trinajstić information content (AvgIpc) is 2.56. The summed E-state index contributed by atoms with van der Waals surface area (Å²) < 4.78 is 23.4. The topological polar surface area (TPSA) is 69.4 Å². The van der Waals surface area contributed by atoms with E-state index in [-0.39, 0.29) is 12.4 Å². The lowest BCUT2D eigenvalue weighted by Gasteiger charge is -1.99. The van der Waals surface area contributed by atoms with Crippen molar-refractivity contribution >= 4 is 21.2 Å². The van der Waals surface area contributed by atoms with Crippen molar-refractivity contribution in [2.24, 2.45) is 5.90 Å². The predicted octanol–water partition coefficient (Wildman–Crippen LogP) is 0.802. The van der Waals surface area contributed by atoms with E-state index in [1.54, 1.807) is 17.5 Å². The molecule has 74 valence electrons. The van der Waals surface area contributed by atoms with Gasteiger partial charge in [0.2, 0.25) is 0 Å². The Kier molecular flexibility index (Phi) is 3.86. The Morgan fingerprint density at radius 2 is 2.31 bits per heavy atom. The molecule has 0 radical (unpaired) electrons. The van der Waals surface area contributed by atoms with Gasteiger partial charge < -0.3 is 4.84 Å². The van der Waals surface area contributed by atoms with E-state index < -0.39 is 9.84 Å². The van der Waals surface area contributed by atoms with Crippen molar-refractivity contribution in [3.05, 3.63) is 17.5 Å². The van der Waals surface area contributed by atoms with Crippen LogP contribution in [-0.4, -0.2) is 20.8 Å². The second-order valence-corrected chi connectivity index (χ2v) is 5.76. The maximum absolute atomic E-state index is 11.5. The van der Waals surface area contributed by atoms with E-state index in [2.05, 4.69) is 4.84 Å². The summed E-state index contributed by atoms with van der Waals surface area (Å²) in [5, 5.41) is 1.74. The van der Waals surface area contributed by atoms with Crippen LogP contribution in [0.4, 0.5) is 0 Å². The van der Waals surface area contributed by atoms with Gasteiger partial charge in [0, 0.05) is 0 Å². The smallest absolute Gasteiger partial charge is 0.187 e. The lowest BCUT2D eigenvalue weighted by atomic mass is 10.5. The van der Waals surface area contributed by atoms with Gasteiger partial charge in [0.1, 0.15) is 4.21 Å². The monoisotopic (exact) mass is 221 g/mol. The van der Waals surface area contributed by atoms with Gasteiger partial charge in [0.25, 0.3) is 0 Å². The average molecular weight is 221 g/mol. The fraction of sp³-hybridized carbons (Fsp3) is 0.429. The number of nitrogens with two attached hydrogens (primary N) is 1. The van der Waals surface area contributed by atoms with Gasteiger partial charge >= 0.3 is 0 Å². The minimum Gasteiger partial charge on any atom is -0.305 e. The van der Waals surface area contributed by atoms with Crippen LogP contribution in [0.1, 0.15) is 6.42 Å². The summed E-state index contributed by atoms with van der Waals surface area (Å²) in [6.07, 6.45) is 0.427. The third kappa shape index (κ3) is 3.07. The maximum atomic E-state index is 11.5. The molecule has 1 aromatic rings. The fourth-order valence-electron chi connectivity index (χ4n) is 0.873. The summed E-state index contributed by atoms with van der Waals surface area (Å²) in [5.74, 6) is 4.87. The molecule has 0 amide bonds. The number of rotatable bonds is 5. The van der Waals surface area contributed by atoms with E-state index in [0.717, 1.165) is 0 Å². The van der Waals surface area contributed by atoms with Gasteiger partial charge in [-0.3, -0.25) is 0 Å². The minimum absolute atomic E-state index is 0.0880. The van der Waals surface area contributed by atoms with Crippen molar-refractivity contribution in [1.29, 1.82) is 0 Å². The summed E-state index contributed by atoms with van der Waals surface area (Å²) in [4.78, 5) is 4.29. The molecule has 2 N–H and O–H groups in total. The molecule has 0 aliphatic rings. The third-order valence-electron chi connectivity index (χ3n) is 1.48. The normalized spacial score (nSPS) is 11.8. The first-order valence-electron chi connectivity index (χ1n) is 3.75. The molecule has 0 spiro atoms. The Morgan fingerprint density at radius 1 is 1.54 bits per heavy atom. The first-order chi connectivity index (χ1) is 6.17. The lowest BCUT2D eigenvalue weighted by Crippen LogP contribution is -2.09. The van der Waals surface area contributed by atoms with Gasteiger partial charge in [-0.15, -0.1) is 11.3 Å². The zero-order valence-electron chi connectivity index (χ0n) is 6.97. The third-order valence-corrected chi connectivity index (χ3v) is 4.76. The Labute approximate surface area is 81.2 Å². The lowest BCUT2D eigenvalue weighted by molar-refractivity contribution is 0.139. The van der Waals surface area contributed by atoms with Crippen molar-refractivity contribution in [3.8, 4) is 0 Å². The van der Waals surface area contributed by atoms with Gasteiger partial charge in [-0.2, -0.15) is 0 Å². The van der Waals surface area contributed by atoms with Crippen molar-refractivity contribution in [3.63, 3.8) is 0 Å². The van der Waals surface area contributed by atoms with Crippen LogP contribution in [0.15, 0.2) is 21.7 Å². The van der Waals surface area contributed by atoms with Gasteiger partial charge in [-0.25, -0.2) is 14.3 Å². The van der Waals surface area contributed by atoms with Gasteiger partial charge in [0.15, 0.2) is 9.84 Å². The van der Waals surface area contributed by atoms with E-state index in [0.29, 0.717) is 10.6 Å². The second-order valence-electron chi connectivity index (χ2n) is 2.48. The fourth-order valence-corrected chi connectivity index (χ4v) is 3.31. The van der Waals surface area contributed by atoms with Crippen LogP contribution in [0.3, 0.4) is 0 Å². The molecular formula is C7H11NO3S2. The van der Waals surface area contributed by atoms with Crippen LogP contribution in [0, 0.1) is 0 Å². The Balaban J connectivity index is 2.58. The molecule has 0 saturated heterocycles. The van der Waals surface area contributed by atoms with E-state index in [4.69, 9.17) is 5.90 Å². The van der Waals surface area contributed by atoms with Crippen molar-refractivity contribution in [1.82, 2.24) is 0 Å². The molecule has 0 aromatic carbocycles. The van der Waals surface area contributed by atoms with Crippen LogP contribution in [-0.2, 0) is 14.7 Å². The van der Waals surface area contributed by atoms with Crippen LogP contribution in [0.25, 0.3) is 0 Å². The number of hydrogen-bond acceptors (Lipinski definition) is 5. The molecule has 0 atom stereocenters. The van der Waals surface area contributed by atoms with E-state index in [1.165, 1.54) is 11.3 Å². The van der Waals surface area contributed by atoms with Crippen LogP contribution in [0.2, 0.25) is 0 Å². The Morgan fingerprint density at radius 3 is 2.85 bits per heavy atom. The zero-order chi connectivity index (χ0) is 9.73. The van der Waals surface area contributed by atoms with Gasteiger partial charge in [-0.1, -0.05) is 6.07 Å². The second kappa shape index (κ2) is 4.71. The summed E-state index contributed by atoms with van der Waals surface area (Å²) in [5.41, 5.74) is 0. The quantitative estimate of drug-likeness (QED) is 0.590. The van der Waals surface area contributed by atoms with Gasteiger partial charge in [0.05, 0.1) is 12.4 Å². The summed E-state index contributed by atoms with van der Waals surface area (Å²) in [6, 6.07) is 3.32. The molecule has 13 heavy (non-hydrogen) atoms. The van der Waals surface area contributed by atoms with Crippen LogP contribution in [0.5, 0.6) is 0 Å². The Bertz CT molecular complexity index is 331. The van der Waals surface area contributed by atoms with Crippen LogP contribution >= 0.6 is 11.3 Å². The molecule has 6 heteroatoms. The molecule has 1 rings (SSSR count). The first kappa shape index (κ1) is 10.6. The maximum Gasteiger partial charge on any atom is 0.187 e. The van der Waals surface area contributed by atoms with Crippen LogP contribution < -0.4 is 5.90 Å². The highest BCUT2D eigenvalue weighted by Gasteiger charge is 2.14. The number of sulfone groups is 1. The minimum atomic E-state index is -3.11. The molecule has 0 fully saturated rings. The van der Waals surface area contributed by atoms with E-state index in [9.17, 15) is 8.42 Å². The summed E-state index contributed by atoms with van der Waals surface area (Å²) in [6.45, 7) is 0.268. The van der Waals surface area contributed by atoms with Gasteiger partial charge in [-0.05, 0) is 17.9 Å². The molecule has 0 bridgehead atoms. The SMILES string of the molecule is NOCCCS(=O)(=O)c1cccs1. The molecule has 0 unspecified atom stereocenters. The molecule has 0 aliphatic carbocycles. The molecule has 0 aliphatic heterocycles. The largest absolute Gasteiger partial charge is 0.305 e. The first-order valence-corrected chi connectivity index (χ1v) is 6.28. The molecule has 4 nitrogen and oxygen atoms in total. The zero-order valence-corrected chi connectivity index (χ0v) is 8.60.